The molecule has 0 spiro atoms. The monoisotopic (exact) mass is 376 g/mol. The molecule has 1 amide bonds. The minimum atomic E-state index is -1.13. The van der Waals surface area contributed by atoms with Crippen LogP contribution in [0.3, 0.4) is 0 Å². The molecule has 0 aromatic heterocycles. The molecule has 1 aliphatic rings. The molecule has 0 saturated heterocycles. The molecular weight excluding hydrogens is 356 g/mol. The van der Waals surface area contributed by atoms with E-state index in [9.17, 15) is 9.59 Å². The first-order valence-electron chi connectivity index (χ1n) is 8.16. The van der Waals surface area contributed by atoms with Gasteiger partial charge in [-0.15, -0.1) is 12.4 Å². The van der Waals surface area contributed by atoms with Crippen molar-refractivity contribution in [3.05, 3.63) is 59.7 Å². The topological polar surface area (TPSA) is 102 Å². The van der Waals surface area contributed by atoms with Gasteiger partial charge < -0.3 is 20.9 Å². The van der Waals surface area contributed by atoms with Crippen LogP contribution in [0.4, 0.5) is 4.79 Å². The van der Waals surface area contributed by atoms with Crippen molar-refractivity contribution in [2.75, 3.05) is 13.2 Å². The zero-order valence-electron chi connectivity index (χ0n) is 14.1. The fraction of sp³-hybridized carbons (Fsp3) is 0.263. The SMILES string of the molecule is Cl.NCCC(NC(=O)OCC1c2ccccc2-c2ccccc21)C(=O)O. The van der Waals surface area contributed by atoms with Crippen molar-refractivity contribution in [2.45, 2.75) is 18.4 Å². The molecule has 138 valence electrons. The third-order valence-corrected chi connectivity index (χ3v) is 4.39. The number of carboxylic acids is 1. The first-order chi connectivity index (χ1) is 12.1. The Morgan fingerprint density at radius 1 is 1.08 bits per heavy atom. The molecule has 3 rings (SSSR count). The van der Waals surface area contributed by atoms with Gasteiger partial charge >= 0.3 is 12.1 Å². The molecule has 0 bridgehead atoms. The Kier molecular flexibility index (Phi) is 6.60. The van der Waals surface area contributed by atoms with Gasteiger partial charge in [-0.25, -0.2) is 9.59 Å². The summed E-state index contributed by atoms with van der Waals surface area (Å²) in [6, 6.07) is 15.0. The number of fused-ring (bicyclic) bond motifs is 3. The summed E-state index contributed by atoms with van der Waals surface area (Å²) < 4.78 is 5.31. The number of halogens is 1. The molecule has 4 N–H and O–H groups in total. The van der Waals surface area contributed by atoms with Gasteiger partial charge in [0, 0.05) is 5.92 Å². The lowest BCUT2D eigenvalue weighted by atomic mass is 9.98. The van der Waals surface area contributed by atoms with Crippen molar-refractivity contribution in [1.82, 2.24) is 5.32 Å². The molecule has 0 saturated carbocycles. The fourth-order valence-corrected chi connectivity index (χ4v) is 3.21. The van der Waals surface area contributed by atoms with Gasteiger partial charge in [0.25, 0.3) is 0 Å². The Morgan fingerprint density at radius 3 is 2.12 bits per heavy atom. The maximum absolute atomic E-state index is 12.0. The number of ether oxygens (including phenoxy) is 1. The van der Waals surface area contributed by atoms with Crippen molar-refractivity contribution in [3.8, 4) is 11.1 Å². The molecule has 26 heavy (non-hydrogen) atoms. The second-order valence-electron chi connectivity index (χ2n) is 5.94. The van der Waals surface area contributed by atoms with E-state index in [1.165, 1.54) is 0 Å². The largest absolute Gasteiger partial charge is 0.480 e. The van der Waals surface area contributed by atoms with Crippen molar-refractivity contribution in [1.29, 1.82) is 0 Å². The number of carboxylic acid groups (broad SMARTS) is 1. The molecule has 0 heterocycles. The van der Waals surface area contributed by atoms with Crippen LogP contribution in [0.25, 0.3) is 11.1 Å². The Morgan fingerprint density at radius 2 is 1.62 bits per heavy atom. The Hall–Kier alpha value is -2.57. The predicted molar refractivity (Wildman–Crippen MR) is 101 cm³/mol. The number of hydrogen-bond donors (Lipinski definition) is 3. The maximum atomic E-state index is 12.0. The number of nitrogens with one attached hydrogen (secondary N) is 1. The van der Waals surface area contributed by atoms with E-state index >= 15 is 0 Å². The normalized spacial score (nSPS) is 13.1. The van der Waals surface area contributed by atoms with Crippen LogP contribution in [0.1, 0.15) is 23.5 Å². The van der Waals surface area contributed by atoms with Crippen molar-refractivity contribution >= 4 is 24.5 Å². The predicted octanol–water partition coefficient (Wildman–Crippen LogP) is 2.75. The molecule has 1 aliphatic carbocycles. The van der Waals surface area contributed by atoms with Gasteiger partial charge in [-0.05, 0) is 35.2 Å². The molecule has 1 atom stereocenters. The summed E-state index contributed by atoms with van der Waals surface area (Å²) in [5.74, 6) is -1.19. The van der Waals surface area contributed by atoms with Crippen molar-refractivity contribution in [3.63, 3.8) is 0 Å². The van der Waals surface area contributed by atoms with E-state index < -0.39 is 18.1 Å². The molecule has 2 aromatic rings. The lowest BCUT2D eigenvalue weighted by Gasteiger charge is -2.17. The average Bonchev–Trinajstić information content (AvgIpc) is 2.93. The fourth-order valence-electron chi connectivity index (χ4n) is 3.21. The number of benzene rings is 2. The minimum absolute atomic E-state index is 0. The van der Waals surface area contributed by atoms with Gasteiger partial charge in [-0.2, -0.15) is 0 Å². The van der Waals surface area contributed by atoms with Gasteiger partial charge in [-0.3, -0.25) is 0 Å². The average molecular weight is 377 g/mol. The van der Waals surface area contributed by atoms with E-state index in [1.807, 2.05) is 36.4 Å². The van der Waals surface area contributed by atoms with Gasteiger partial charge in [0.2, 0.25) is 0 Å². The van der Waals surface area contributed by atoms with Crippen molar-refractivity contribution in [2.24, 2.45) is 5.73 Å². The van der Waals surface area contributed by atoms with Crippen LogP contribution in [-0.4, -0.2) is 36.4 Å². The molecular formula is C19H21ClN2O4. The third-order valence-electron chi connectivity index (χ3n) is 4.39. The Bertz CT molecular complexity index is 751. The smallest absolute Gasteiger partial charge is 0.407 e. The molecule has 1 unspecified atom stereocenters. The van der Waals surface area contributed by atoms with Gasteiger partial charge in [0.15, 0.2) is 0 Å². The first-order valence-corrected chi connectivity index (χ1v) is 8.16. The second kappa shape index (κ2) is 8.69. The van der Waals surface area contributed by atoms with Crippen LogP contribution in [0.5, 0.6) is 0 Å². The van der Waals surface area contributed by atoms with Crippen LogP contribution in [0.2, 0.25) is 0 Å². The third kappa shape index (κ3) is 3.98. The molecule has 0 fully saturated rings. The maximum Gasteiger partial charge on any atom is 0.407 e. The van der Waals surface area contributed by atoms with E-state index in [0.717, 1.165) is 22.3 Å². The summed E-state index contributed by atoms with van der Waals surface area (Å²) in [6.07, 6.45) is -0.595. The number of carbonyl (C=O) groups excluding carboxylic acids is 1. The number of hydrogen-bond acceptors (Lipinski definition) is 4. The number of aliphatic carboxylic acids is 1. The summed E-state index contributed by atoms with van der Waals surface area (Å²) in [5, 5.41) is 11.4. The molecule has 2 aromatic carbocycles. The van der Waals surface area contributed by atoms with Gasteiger partial charge in [0.05, 0.1) is 0 Å². The highest BCUT2D eigenvalue weighted by atomic mass is 35.5. The number of rotatable bonds is 6. The lowest BCUT2D eigenvalue weighted by molar-refractivity contribution is -0.139. The van der Waals surface area contributed by atoms with Crippen LogP contribution in [-0.2, 0) is 9.53 Å². The lowest BCUT2D eigenvalue weighted by Crippen LogP contribution is -2.42. The molecule has 6 nitrogen and oxygen atoms in total. The van der Waals surface area contributed by atoms with Crippen LogP contribution < -0.4 is 11.1 Å². The van der Waals surface area contributed by atoms with E-state index in [-0.39, 0.29) is 37.9 Å². The minimum Gasteiger partial charge on any atom is -0.480 e. The molecule has 0 aliphatic heterocycles. The Labute approximate surface area is 157 Å². The number of alkyl carbamates (subject to hydrolysis) is 1. The van der Waals surface area contributed by atoms with Crippen molar-refractivity contribution < 1.29 is 19.4 Å². The van der Waals surface area contributed by atoms with E-state index in [0.29, 0.717) is 0 Å². The highest BCUT2D eigenvalue weighted by Gasteiger charge is 2.29. The summed E-state index contributed by atoms with van der Waals surface area (Å²) in [6.45, 7) is 0.315. The second-order valence-corrected chi connectivity index (χ2v) is 5.94. The van der Waals surface area contributed by atoms with Crippen LogP contribution in [0.15, 0.2) is 48.5 Å². The van der Waals surface area contributed by atoms with E-state index in [4.69, 9.17) is 15.6 Å². The van der Waals surface area contributed by atoms with E-state index in [2.05, 4.69) is 17.4 Å². The molecule has 0 radical (unpaired) electrons. The molecule has 7 heteroatoms. The zero-order valence-corrected chi connectivity index (χ0v) is 14.9. The number of carbonyl (C=O) groups is 2. The first kappa shape index (κ1) is 19.8. The van der Waals surface area contributed by atoms with Gasteiger partial charge in [0.1, 0.15) is 12.6 Å². The van der Waals surface area contributed by atoms with E-state index in [1.54, 1.807) is 0 Å². The summed E-state index contributed by atoms with van der Waals surface area (Å²) in [4.78, 5) is 23.1. The quantitative estimate of drug-likeness (QED) is 0.719. The number of amides is 1. The van der Waals surface area contributed by atoms with Gasteiger partial charge in [-0.1, -0.05) is 48.5 Å². The summed E-state index contributed by atoms with van der Waals surface area (Å²) >= 11 is 0. The Balaban J connectivity index is 0.00000243. The summed E-state index contributed by atoms with van der Waals surface area (Å²) in [5.41, 5.74) is 9.85. The number of nitrogens with two attached hydrogens (primary N) is 1. The van der Waals surface area contributed by atoms with Crippen LogP contribution >= 0.6 is 12.4 Å². The highest BCUT2D eigenvalue weighted by molar-refractivity contribution is 5.85. The summed E-state index contributed by atoms with van der Waals surface area (Å²) in [7, 11) is 0. The van der Waals surface area contributed by atoms with Crippen LogP contribution in [0, 0.1) is 0 Å². The standard InChI is InChI=1S/C19H20N2O4.ClH/c20-10-9-17(18(22)23)21-19(24)25-11-16-14-7-3-1-5-12(14)13-6-2-4-8-15(13)16;/h1-8,16-17H,9-11,20H2,(H,21,24)(H,22,23);1H. The zero-order chi connectivity index (χ0) is 17.8. The highest BCUT2D eigenvalue weighted by Crippen LogP contribution is 2.44.